The lowest BCUT2D eigenvalue weighted by Crippen LogP contribution is -1.92. The predicted octanol–water partition coefficient (Wildman–Crippen LogP) is 4.36. The van der Waals surface area contributed by atoms with Crippen molar-refractivity contribution in [2.45, 2.75) is 26.1 Å². The Morgan fingerprint density at radius 2 is 1.76 bits per heavy atom. The lowest BCUT2D eigenvalue weighted by Gasteiger charge is -2.06. The van der Waals surface area contributed by atoms with Gasteiger partial charge in [-0.1, -0.05) is 37.3 Å². The van der Waals surface area contributed by atoms with Crippen molar-refractivity contribution < 1.29 is 0 Å². The van der Waals surface area contributed by atoms with Gasteiger partial charge in [-0.3, -0.25) is 4.98 Å². The third kappa shape index (κ3) is 2.67. The molecule has 2 aromatic rings. The molecule has 2 rings (SSSR count). The first-order chi connectivity index (χ1) is 8.24. The molecule has 0 amide bonds. The molecule has 0 radical (unpaired) electrons. The fourth-order valence-corrected chi connectivity index (χ4v) is 2.09. The van der Waals surface area contributed by atoms with Crippen molar-refractivity contribution in [3.05, 3.63) is 53.2 Å². The van der Waals surface area contributed by atoms with Crippen molar-refractivity contribution in [2.24, 2.45) is 0 Å². The average molecular weight is 246 g/mol. The zero-order valence-electron chi connectivity index (χ0n) is 10.2. The van der Waals surface area contributed by atoms with Crippen molar-refractivity contribution in [1.29, 1.82) is 0 Å². The molecular weight excluding hydrogens is 230 g/mol. The molecule has 1 heterocycles. The van der Waals surface area contributed by atoms with Crippen LogP contribution in [-0.2, 0) is 12.3 Å². The summed E-state index contributed by atoms with van der Waals surface area (Å²) in [4.78, 5) is 4.59. The van der Waals surface area contributed by atoms with Gasteiger partial charge in [-0.15, -0.1) is 11.6 Å². The van der Waals surface area contributed by atoms with E-state index >= 15 is 0 Å². The maximum atomic E-state index is 5.83. The molecule has 17 heavy (non-hydrogen) atoms. The average Bonchev–Trinajstić information content (AvgIpc) is 2.39. The molecule has 88 valence electrons. The molecule has 0 bridgehead atoms. The highest BCUT2D eigenvalue weighted by Gasteiger charge is 2.03. The first-order valence-electron chi connectivity index (χ1n) is 5.86. The van der Waals surface area contributed by atoms with Crippen LogP contribution >= 0.6 is 11.6 Å². The SMILES string of the molecule is CCc1ccc(-c2ccc(CCl)c(C)n2)cc1. The van der Waals surface area contributed by atoms with Gasteiger partial charge in [0, 0.05) is 17.1 Å². The second-order valence-electron chi connectivity index (χ2n) is 4.13. The monoisotopic (exact) mass is 245 g/mol. The third-order valence-electron chi connectivity index (χ3n) is 3.00. The molecule has 0 saturated heterocycles. The van der Waals surface area contributed by atoms with Crippen molar-refractivity contribution in [3.8, 4) is 11.3 Å². The van der Waals surface area contributed by atoms with Gasteiger partial charge in [-0.25, -0.2) is 0 Å². The van der Waals surface area contributed by atoms with E-state index in [0.717, 1.165) is 28.9 Å². The van der Waals surface area contributed by atoms with Crippen molar-refractivity contribution in [2.75, 3.05) is 0 Å². The Labute approximate surface area is 107 Å². The molecule has 0 unspecified atom stereocenters. The first kappa shape index (κ1) is 12.1. The molecule has 0 aliphatic carbocycles. The Morgan fingerprint density at radius 3 is 2.29 bits per heavy atom. The fraction of sp³-hybridized carbons (Fsp3) is 0.267. The number of alkyl halides is 1. The minimum atomic E-state index is 0.522. The molecule has 2 heteroatoms. The highest BCUT2D eigenvalue weighted by molar-refractivity contribution is 6.17. The molecule has 0 fully saturated rings. The molecule has 1 nitrogen and oxygen atoms in total. The van der Waals surface area contributed by atoms with Gasteiger partial charge in [-0.05, 0) is 30.5 Å². The summed E-state index contributed by atoms with van der Waals surface area (Å²) in [7, 11) is 0. The van der Waals surface area contributed by atoms with Crippen molar-refractivity contribution in [1.82, 2.24) is 4.98 Å². The van der Waals surface area contributed by atoms with Gasteiger partial charge in [0.25, 0.3) is 0 Å². The number of aromatic nitrogens is 1. The number of benzene rings is 1. The topological polar surface area (TPSA) is 12.9 Å². The van der Waals surface area contributed by atoms with E-state index in [1.165, 1.54) is 5.56 Å². The van der Waals surface area contributed by atoms with Gasteiger partial charge >= 0.3 is 0 Å². The second-order valence-corrected chi connectivity index (χ2v) is 4.39. The maximum Gasteiger partial charge on any atom is 0.0705 e. The van der Waals surface area contributed by atoms with E-state index in [9.17, 15) is 0 Å². The van der Waals surface area contributed by atoms with Crippen LogP contribution in [-0.4, -0.2) is 4.98 Å². The summed E-state index contributed by atoms with van der Waals surface area (Å²) < 4.78 is 0. The number of halogens is 1. The molecule has 0 spiro atoms. The number of hydrogen-bond donors (Lipinski definition) is 0. The Balaban J connectivity index is 2.35. The molecule has 0 aliphatic heterocycles. The molecule has 0 N–H and O–H groups in total. The Morgan fingerprint density at radius 1 is 1.06 bits per heavy atom. The predicted molar refractivity (Wildman–Crippen MR) is 73.3 cm³/mol. The van der Waals surface area contributed by atoms with Crippen LogP contribution in [0.1, 0.15) is 23.7 Å². The standard InChI is InChI=1S/C15H16ClN/c1-3-12-4-6-13(7-5-12)15-9-8-14(10-16)11(2)17-15/h4-9H,3,10H2,1-2H3. The molecule has 0 aliphatic rings. The van der Waals surface area contributed by atoms with Crippen LogP contribution in [0.2, 0.25) is 0 Å². The van der Waals surface area contributed by atoms with E-state index in [1.807, 2.05) is 13.0 Å². The molecule has 0 saturated carbocycles. The highest BCUT2D eigenvalue weighted by Crippen LogP contribution is 2.20. The number of rotatable bonds is 3. The Hall–Kier alpha value is -1.34. The van der Waals surface area contributed by atoms with Crippen LogP contribution < -0.4 is 0 Å². The van der Waals surface area contributed by atoms with Crippen molar-refractivity contribution >= 4 is 11.6 Å². The van der Waals surface area contributed by atoms with E-state index in [1.54, 1.807) is 0 Å². The second kappa shape index (κ2) is 5.33. The zero-order chi connectivity index (χ0) is 12.3. The summed E-state index contributed by atoms with van der Waals surface area (Å²) >= 11 is 5.83. The summed E-state index contributed by atoms with van der Waals surface area (Å²) in [5.74, 6) is 0.522. The van der Waals surface area contributed by atoms with Gasteiger partial charge < -0.3 is 0 Å². The minimum absolute atomic E-state index is 0.522. The van der Waals surface area contributed by atoms with Crippen LogP contribution in [0.5, 0.6) is 0 Å². The number of pyridine rings is 1. The van der Waals surface area contributed by atoms with Crippen LogP contribution in [0, 0.1) is 6.92 Å². The first-order valence-corrected chi connectivity index (χ1v) is 6.40. The molecular formula is C15H16ClN. The molecule has 1 aromatic carbocycles. The van der Waals surface area contributed by atoms with Crippen LogP contribution in [0.25, 0.3) is 11.3 Å². The Bertz CT molecular complexity index is 503. The smallest absolute Gasteiger partial charge is 0.0705 e. The summed E-state index contributed by atoms with van der Waals surface area (Å²) in [6.45, 7) is 4.16. The number of hydrogen-bond acceptors (Lipinski definition) is 1. The zero-order valence-corrected chi connectivity index (χ0v) is 11.0. The van der Waals surface area contributed by atoms with Gasteiger partial charge in [0.2, 0.25) is 0 Å². The van der Waals surface area contributed by atoms with Crippen LogP contribution in [0.4, 0.5) is 0 Å². The fourth-order valence-electron chi connectivity index (χ4n) is 1.80. The van der Waals surface area contributed by atoms with E-state index in [0.29, 0.717) is 5.88 Å². The lowest BCUT2D eigenvalue weighted by molar-refractivity contribution is 1.13. The van der Waals surface area contributed by atoms with E-state index in [2.05, 4.69) is 42.2 Å². The highest BCUT2D eigenvalue weighted by atomic mass is 35.5. The van der Waals surface area contributed by atoms with Gasteiger partial charge in [0.15, 0.2) is 0 Å². The molecule has 0 atom stereocenters. The lowest BCUT2D eigenvalue weighted by atomic mass is 10.1. The van der Waals surface area contributed by atoms with E-state index in [-0.39, 0.29) is 0 Å². The molecule has 1 aromatic heterocycles. The largest absolute Gasteiger partial charge is 0.253 e. The van der Waals surface area contributed by atoms with E-state index in [4.69, 9.17) is 11.6 Å². The number of aryl methyl sites for hydroxylation is 2. The summed E-state index contributed by atoms with van der Waals surface area (Å²) in [5, 5.41) is 0. The summed E-state index contributed by atoms with van der Waals surface area (Å²) in [6, 6.07) is 12.6. The van der Waals surface area contributed by atoms with Gasteiger partial charge in [0.05, 0.1) is 5.69 Å². The van der Waals surface area contributed by atoms with Crippen LogP contribution in [0.15, 0.2) is 36.4 Å². The summed E-state index contributed by atoms with van der Waals surface area (Å²) in [6.07, 6.45) is 1.07. The maximum absolute atomic E-state index is 5.83. The number of nitrogens with zero attached hydrogens (tertiary/aromatic N) is 1. The summed E-state index contributed by atoms with van der Waals surface area (Å²) in [5.41, 5.74) is 5.63. The Kier molecular flexibility index (Phi) is 3.80. The van der Waals surface area contributed by atoms with Gasteiger partial charge in [-0.2, -0.15) is 0 Å². The van der Waals surface area contributed by atoms with Crippen molar-refractivity contribution in [3.63, 3.8) is 0 Å². The minimum Gasteiger partial charge on any atom is -0.253 e. The van der Waals surface area contributed by atoms with E-state index < -0.39 is 0 Å². The van der Waals surface area contributed by atoms with Gasteiger partial charge in [0.1, 0.15) is 0 Å². The quantitative estimate of drug-likeness (QED) is 0.733. The third-order valence-corrected chi connectivity index (χ3v) is 3.29. The normalized spacial score (nSPS) is 10.5. The van der Waals surface area contributed by atoms with Crippen LogP contribution in [0.3, 0.4) is 0 Å².